The summed E-state index contributed by atoms with van der Waals surface area (Å²) in [6, 6.07) is 5.18. The third-order valence-corrected chi connectivity index (χ3v) is 8.36. The first-order valence-corrected chi connectivity index (χ1v) is 14.4. The number of allylic oxidation sites excluding steroid dienone is 3. The lowest BCUT2D eigenvalue weighted by Gasteiger charge is -2.19. The van der Waals surface area contributed by atoms with Crippen LogP contribution in [0.5, 0.6) is 5.88 Å². The SMILES string of the molecule is CN(C)C(=O)C1(COc2ccc3c(n2)sc2nc(C4C=CC(NC(=O)Nc5cc(C(C)(C)C)on5)=CC4)cn23)CC1. The number of hydrogen-bond acceptors (Lipinski definition) is 8. The number of urea groups is 1. The number of carbonyl (C=O) groups excluding carboxylic acids is 2. The molecule has 41 heavy (non-hydrogen) atoms. The number of nitrogens with zero attached hydrogens (tertiary/aromatic N) is 5. The van der Waals surface area contributed by atoms with Crippen LogP contribution >= 0.6 is 11.3 Å². The molecule has 6 rings (SSSR count). The standard InChI is InChI=1S/C29H33N7O4S/c1-28(2,3)21-14-22(34-40-21)32-26(38)30-18-8-6-17(7-9-18)19-15-36-20-10-11-23(33-24(20)41-27(36)31-19)39-16-29(12-13-29)25(37)35(4)5/h6,8-11,14-15,17H,7,12-13,16H2,1-5H3,(H2,30,32,34,38). The van der Waals surface area contributed by atoms with E-state index in [-0.39, 0.29) is 23.3 Å². The number of imidazole rings is 1. The fourth-order valence-corrected chi connectivity index (χ4v) is 5.78. The van der Waals surface area contributed by atoms with E-state index in [1.807, 2.05) is 61.7 Å². The lowest BCUT2D eigenvalue weighted by atomic mass is 9.93. The fraction of sp³-hybridized carbons (Fsp3) is 0.414. The number of aromatic nitrogens is 4. The van der Waals surface area contributed by atoms with E-state index in [0.29, 0.717) is 36.2 Å². The molecule has 1 saturated carbocycles. The molecule has 4 aromatic heterocycles. The molecule has 0 bridgehead atoms. The minimum Gasteiger partial charge on any atom is -0.476 e. The average molecular weight is 576 g/mol. The molecule has 12 heteroatoms. The number of anilines is 1. The first-order chi connectivity index (χ1) is 19.5. The highest BCUT2D eigenvalue weighted by atomic mass is 32.1. The number of carbonyl (C=O) groups is 2. The van der Waals surface area contributed by atoms with Crippen LogP contribution < -0.4 is 15.4 Å². The molecule has 1 unspecified atom stereocenters. The number of ether oxygens (including phenoxy) is 1. The number of thiazole rings is 1. The largest absolute Gasteiger partial charge is 0.476 e. The molecule has 1 atom stereocenters. The molecule has 0 saturated heterocycles. The highest BCUT2D eigenvalue weighted by molar-refractivity contribution is 7.23. The van der Waals surface area contributed by atoms with Crippen molar-refractivity contribution in [2.45, 2.75) is 51.4 Å². The molecule has 3 amide bonds. The minimum absolute atomic E-state index is 0.0928. The van der Waals surface area contributed by atoms with Gasteiger partial charge in [0.25, 0.3) is 0 Å². The molecular formula is C29H33N7O4S. The predicted molar refractivity (Wildman–Crippen MR) is 156 cm³/mol. The Morgan fingerprint density at radius 1 is 1.22 bits per heavy atom. The summed E-state index contributed by atoms with van der Waals surface area (Å²) in [5.74, 6) is 1.79. The van der Waals surface area contributed by atoms with Crippen LogP contribution in [0.2, 0.25) is 0 Å². The van der Waals surface area contributed by atoms with Crippen molar-refractivity contribution in [2.75, 3.05) is 26.0 Å². The smallest absolute Gasteiger partial charge is 0.324 e. The molecule has 214 valence electrons. The fourth-order valence-electron chi connectivity index (χ4n) is 4.80. The maximum atomic E-state index is 12.4. The number of fused-ring (bicyclic) bond motifs is 3. The first kappa shape index (κ1) is 27.0. The van der Waals surface area contributed by atoms with E-state index < -0.39 is 5.41 Å². The maximum Gasteiger partial charge on any atom is 0.324 e. The minimum atomic E-state index is -0.409. The summed E-state index contributed by atoms with van der Waals surface area (Å²) in [4.78, 5) is 37.7. The zero-order valence-corrected chi connectivity index (χ0v) is 24.5. The van der Waals surface area contributed by atoms with Crippen molar-refractivity contribution in [1.29, 1.82) is 0 Å². The summed E-state index contributed by atoms with van der Waals surface area (Å²) < 4.78 is 13.3. The van der Waals surface area contributed by atoms with Crippen LogP contribution in [0, 0.1) is 5.41 Å². The topological polar surface area (TPSA) is 127 Å². The predicted octanol–water partition coefficient (Wildman–Crippen LogP) is 5.23. The van der Waals surface area contributed by atoms with Crippen LogP contribution in [-0.2, 0) is 10.2 Å². The van der Waals surface area contributed by atoms with Gasteiger partial charge >= 0.3 is 6.03 Å². The van der Waals surface area contributed by atoms with Crippen LogP contribution in [0.25, 0.3) is 15.3 Å². The first-order valence-electron chi connectivity index (χ1n) is 13.6. The van der Waals surface area contributed by atoms with Crippen molar-refractivity contribution in [3.05, 3.63) is 59.8 Å². The van der Waals surface area contributed by atoms with Gasteiger partial charge in [0.1, 0.15) is 17.2 Å². The van der Waals surface area contributed by atoms with Crippen LogP contribution in [0.3, 0.4) is 0 Å². The summed E-state index contributed by atoms with van der Waals surface area (Å²) in [6.45, 7) is 6.39. The molecule has 2 aliphatic carbocycles. The summed E-state index contributed by atoms with van der Waals surface area (Å²) >= 11 is 1.50. The average Bonchev–Trinajstić information content (AvgIpc) is 3.20. The van der Waals surface area contributed by atoms with Crippen molar-refractivity contribution < 1.29 is 18.8 Å². The number of nitrogens with one attached hydrogen (secondary N) is 2. The van der Waals surface area contributed by atoms with Crippen LogP contribution in [-0.4, -0.2) is 57.1 Å². The summed E-state index contributed by atoms with van der Waals surface area (Å²) in [7, 11) is 3.56. The third kappa shape index (κ3) is 5.43. The van der Waals surface area contributed by atoms with Gasteiger partial charge in [0.2, 0.25) is 11.8 Å². The molecule has 4 heterocycles. The van der Waals surface area contributed by atoms with Crippen molar-refractivity contribution in [2.24, 2.45) is 5.41 Å². The Morgan fingerprint density at radius 2 is 2.02 bits per heavy atom. The zero-order valence-electron chi connectivity index (χ0n) is 23.7. The van der Waals surface area contributed by atoms with Gasteiger partial charge in [-0.15, -0.1) is 0 Å². The van der Waals surface area contributed by atoms with Gasteiger partial charge in [0.05, 0.1) is 16.6 Å². The highest BCUT2D eigenvalue weighted by Crippen LogP contribution is 2.47. The third-order valence-electron chi connectivity index (χ3n) is 7.39. The molecule has 0 aliphatic heterocycles. The monoisotopic (exact) mass is 575 g/mol. The lowest BCUT2D eigenvalue weighted by Crippen LogP contribution is -2.34. The van der Waals surface area contributed by atoms with Crippen LogP contribution in [0.15, 0.2) is 52.8 Å². The molecular weight excluding hydrogens is 542 g/mol. The molecule has 0 spiro atoms. The molecule has 2 aliphatic rings. The van der Waals surface area contributed by atoms with Crippen LogP contribution in [0.1, 0.15) is 57.4 Å². The van der Waals surface area contributed by atoms with Gasteiger partial charge in [-0.3, -0.25) is 14.5 Å². The summed E-state index contributed by atoms with van der Waals surface area (Å²) in [6.07, 6.45) is 10.4. The Kier molecular flexibility index (Phi) is 6.60. The van der Waals surface area contributed by atoms with Crippen LogP contribution in [0.4, 0.5) is 10.6 Å². The molecule has 2 N–H and O–H groups in total. The van der Waals surface area contributed by atoms with E-state index in [0.717, 1.165) is 33.8 Å². The highest BCUT2D eigenvalue weighted by Gasteiger charge is 2.51. The van der Waals surface area contributed by atoms with E-state index in [9.17, 15) is 9.59 Å². The van der Waals surface area contributed by atoms with Gasteiger partial charge < -0.3 is 19.5 Å². The summed E-state index contributed by atoms with van der Waals surface area (Å²) in [5.41, 5.74) is 2.01. The van der Waals surface area contributed by atoms with Gasteiger partial charge in [0.15, 0.2) is 10.8 Å². The lowest BCUT2D eigenvalue weighted by molar-refractivity contribution is -0.135. The Labute approximate surface area is 241 Å². The zero-order chi connectivity index (χ0) is 28.9. The van der Waals surface area contributed by atoms with Gasteiger partial charge in [0, 0.05) is 49.5 Å². The second-order valence-electron chi connectivity index (χ2n) is 11.9. The Hall–Kier alpha value is -4.19. The Bertz CT molecular complexity index is 1700. The second-order valence-corrected chi connectivity index (χ2v) is 12.9. The van der Waals surface area contributed by atoms with Gasteiger partial charge in [-0.05, 0) is 31.4 Å². The number of rotatable bonds is 7. The number of pyridine rings is 1. The number of amides is 3. The van der Waals surface area contributed by atoms with Crippen molar-refractivity contribution in [3.63, 3.8) is 0 Å². The van der Waals surface area contributed by atoms with E-state index in [2.05, 4.69) is 20.8 Å². The molecule has 11 nitrogen and oxygen atoms in total. The summed E-state index contributed by atoms with van der Waals surface area (Å²) in [5, 5.41) is 9.49. The van der Waals surface area contributed by atoms with Crippen molar-refractivity contribution in [1.82, 2.24) is 29.7 Å². The van der Waals surface area contributed by atoms with E-state index in [1.54, 1.807) is 25.1 Å². The molecule has 0 aromatic carbocycles. The van der Waals surface area contributed by atoms with Crippen molar-refractivity contribution in [3.8, 4) is 5.88 Å². The van der Waals surface area contributed by atoms with E-state index in [4.69, 9.17) is 14.2 Å². The van der Waals surface area contributed by atoms with Crippen molar-refractivity contribution >= 4 is 44.4 Å². The van der Waals surface area contributed by atoms with E-state index in [1.165, 1.54) is 11.3 Å². The quantitative estimate of drug-likeness (QED) is 0.309. The molecule has 1 fully saturated rings. The van der Waals surface area contributed by atoms with Gasteiger partial charge in [-0.25, -0.2) is 14.8 Å². The van der Waals surface area contributed by atoms with Gasteiger partial charge in [-0.1, -0.05) is 49.4 Å². The molecule has 0 radical (unpaired) electrons. The van der Waals surface area contributed by atoms with Gasteiger partial charge in [-0.2, -0.15) is 0 Å². The Balaban J connectivity index is 1.07. The Morgan fingerprint density at radius 3 is 2.68 bits per heavy atom. The second kappa shape index (κ2) is 10.0. The number of hydrogen-bond donors (Lipinski definition) is 2. The molecule has 4 aromatic rings. The van der Waals surface area contributed by atoms with E-state index >= 15 is 0 Å². The normalized spacial score (nSPS) is 17.9. The maximum absolute atomic E-state index is 12.4.